The van der Waals surface area contributed by atoms with E-state index in [4.69, 9.17) is 21.9 Å². The summed E-state index contributed by atoms with van der Waals surface area (Å²) in [6.45, 7) is 4.26. The van der Waals surface area contributed by atoms with Crippen LogP contribution in [0.15, 0.2) is 28.8 Å². The number of aromatic nitrogens is 1. The molecular weight excluding hydrogens is 236 g/mol. The van der Waals surface area contributed by atoms with Crippen LogP contribution in [0.2, 0.25) is 5.02 Å². The smallest absolute Gasteiger partial charge is 0.230 e. The highest BCUT2D eigenvalue weighted by Gasteiger charge is 2.16. The lowest BCUT2D eigenvalue weighted by molar-refractivity contribution is 0.422. The summed E-state index contributed by atoms with van der Waals surface area (Å²) >= 11 is 5.98. The number of benzene rings is 1. The number of nitrogen functional groups attached to an aromatic ring is 1. The molecule has 0 radical (unpaired) electrons. The van der Waals surface area contributed by atoms with E-state index >= 15 is 0 Å². The van der Waals surface area contributed by atoms with E-state index < -0.39 is 0 Å². The molecule has 1 heterocycles. The SMILES string of the molecule is CC(C)Cc1noc(N)c1-c1cccc(Cl)c1. The Labute approximate surface area is 106 Å². The van der Waals surface area contributed by atoms with E-state index in [1.54, 1.807) is 0 Å². The van der Waals surface area contributed by atoms with Gasteiger partial charge >= 0.3 is 0 Å². The van der Waals surface area contributed by atoms with E-state index in [0.717, 1.165) is 23.2 Å². The normalized spacial score (nSPS) is 11.1. The minimum Gasteiger partial charge on any atom is -0.367 e. The summed E-state index contributed by atoms with van der Waals surface area (Å²) in [7, 11) is 0. The van der Waals surface area contributed by atoms with Crippen molar-refractivity contribution in [2.24, 2.45) is 5.92 Å². The highest BCUT2D eigenvalue weighted by molar-refractivity contribution is 6.30. The fourth-order valence-corrected chi connectivity index (χ4v) is 2.01. The van der Waals surface area contributed by atoms with Crippen LogP contribution in [-0.4, -0.2) is 5.16 Å². The molecule has 17 heavy (non-hydrogen) atoms. The molecule has 2 aromatic rings. The minimum atomic E-state index is 0.350. The molecule has 0 amide bonds. The summed E-state index contributed by atoms with van der Waals surface area (Å²) in [5.41, 5.74) is 8.53. The molecule has 3 nitrogen and oxygen atoms in total. The Hall–Kier alpha value is -1.48. The van der Waals surface area contributed by atoms with Gasteiger partial charge in [-0.3, -0.25) is 0 Å². The van der Waals surface area contributed by atoms with Gasteiger partial charge in [0.25, 0.3) is 0 Å². The molecule has 0 bridgehead atoms. The fourth-order valence-electron chi connectivity index (χ4n) is 1.82. The van der Waals surface area contributed by atoms with Crippen molar-refractivity contribution >= 4 is 17.5 Å². The van der Waals surface area contributed by atoms with E-state index in [-0.39, 0.29) is 0 Å². The summed E-state index contributed by atoms with van der Waals surface area (Å²) in [6.07, 6.45) is 0.836. The summed E-state index contributed by atoms with van der Waals surface area (Å²) in [6, 6.07) is 7.55. The number of nitrogens with zero attached hydrogens (tertiary/aromatic N) is 1. The van der Waals surface area contributed by atoms with E-state index in [0.29, 0.717) is 16.8 Å². The van der Waals surface area contributed by atoms with Crippen molar-refractivity contribution in [3.8, 4) is 11.1 Å². The number of hydrogen-bond acceptors (Lipinski definition) is 3. The molecule has 0 aliphatic heterocycles. The van der Waals surface area contributed by atoms with Crippen LogP contribution in [0.25, 0.3) is 11.1 Å². The largest absolute Gasteiger partial charge is 0.367 e. The number of hydrogen-bond donors (Lipinski definition) is 1. The Morgan fingerprint density at radius 1 is 1.41 bits per heavy atom. The first-order valence-corrected chi connectivity index (χ1v) is 5.95. The van der Waals surface area contributed by atoms with Crippen LogP contribution in [0, 0.1) is 5.92 Å². The molecule has 2 rings (SSSR count). The molecule has 1 aromatic carbocycles. The summed E-state index contributed by atoms with van der Waals surface area (Å²) < 4.78 is 5.08. The first-order valence-electron chi connectivity index (χ1n) is 5.58. The Kier molecular flexibility index (Phi) is 3.38. The van der Waals surface area contributed by atoms with E-state index in [1.807, 2.05) is 24.3 Å². The highest BCUT2D eigenvalue weighted by Crippen LogP contribution is 2.32. The molecule has 1 aromatic heterocycles. The standard InChI is InChI=1S/C13H15ClN2O/c1-8(2)6-11-12(13(15)17-16-11)9-4-3-5-10(14)7-9/h3-5,7-8H,6,15H2,1-2H3. The van der Waals surface area contributed by atoms with Crippen LogP contribution in [0.3, 0.4) is 0 Å². The molecule has 0 fully saturated rings. The van der Waals surface area contributed by atoms with Crippen LogP contribution in [0.4, 0.5) is 5.88 Å². The van der Waals surface area contributed by atoms with Gasteiger partial charge in [-0.25, -0.2) is 0 Å². The van der Waals surface area contributed by atoms with Gasteiger partial charge in [-0.05, 0) is 30.0 Å². The molecule has 2 N–H and O–H groups in total. The summed E-state index contributed by atoms with van der Waals surface area (Å²) in [5, 5.41) is 4.70. The van der Waals surface area contributed by atoms with Gasteiger partial charge in [-0.2, -0.15) is 0 Å². The van der Waals surface area contributed by atoms with Crippen molar-refractivity contribution in [3.05, 3.63) is 35.0 Å². The Balaban J connectivity index is 2.47. The fraction of sp³-hybridized carbons (Fsp3) is 0.308. The number of rotatable bonds is 3. The van der Waals surface area contributed by atoms with Gasteiger partial charge in [0.1, 0.15) is 0 Å². The van der Waals surface area contributed by atoms with E-state index in [2.05, 4.69) is 19.0 Å². The lowest BCUT2D eigenvalue weighted by atomic mass is 10.00. The van der Waals surface area contributed by atoms with Crippen molar-refractivity contribution in [1.29, 1.82) is 0 Å². The van der Waals surface area contributed by atoms with Crippen LogP contribution in [0.5, 0.6) is 0 Å². The van der Waals surface area contributed by atoms with Crippen molar-refractivity contribution < 1.29 is 4.52 Å². The van der Waals surface area contributed by atoms with Crippen LogP contribution >= 0.6 is 11.6 Å². The monoisotopic (exact) mass is 250 g/mol. The molecule has 0 unspecified atom stereocenters. The second-order valence-corrected chi connectivity index (χ2v) is 4.91. The quantitative estimate of drug-likeness (QED) is 0.902. The van der Waals surface area contributed by atoms with Crippen LogP contribution < -0.4 is 5.73 Å². The second-order valence-electron chi connectivity index (χ2n) is 4.48. The average molecular weight is 251 g/mol. The van der Waals surface area contributed by atoms with Crippen LogP contribution in [-0.2, 0) is 6.42 Å². The molecule has 0 saturated heterocycles. The van der Waals surface area contributed by atoms with Gasteiger partial charge < -0.3 is 10.3 Å². The molecule has 0 aliphatic carbocycles. The molecular formula is C13H15ClN2O. The van der Waals surface area contributed by atoms with Crippen molar-refractivity contribution in [3.63, 3.8) is 0 Å². The number of nitrogens with two attached hydrogens (primary N) is 1. The molecule has 90 valence electrons. The maximum atomic E-state index is 5.98. The van der Waals surface area contributed by atoms with Crippen LogP contribution in [0.1, 0.15) is 19.5 Å². The third kappa shape index (κ3) is 2.61. The third-order valence-electron chi connectivity index (χ3n) is 2.50. The van der Waals surface area contributed by atoms with Gasteiger partial charge in [0.05, 0.1) is 11.3 Å². The Morgan fingerprint density at radius 3 is 2.82 bits per heavy atom. The van der Waals surface area contributed by atoms with E-state index in [9.17, 15) is 0 Å². The zero-order chi connectivity index (χ0) is 12.4. The average Bonchev–Trinajstić information content (AvgIpc) is 2.59. The second kappa shape index (κ2) is 4.80. The zero-order valence-corrected chi connectivity index (χ0v) is 10.7. The van der Waals surface area contributed by atoms with Crippen molar-refractivity contribution in [2.75, 3.05) is 5.73 Å². The Bertz CT molecular complexity index is 520. The highest BCUT2D eigenvalue weighted by atomic mass is 35.5. The predicted octanol–water partition coefficient (Wildman–Crippen LogP) is 3.78. The lowest BCUT2D eigenvalue weighted by Gasteiger charge is -2.05. The first kappa shape index (κ1) is 12.0. The maximum absolute atomic E-state index is 5.98. The topological polar surface area (TPSA) is 52.0 Å². The van der Waals surface area contributed by atoms with Gasteiger partial charge in [0.2, 0.25) is 5.88 Å². The van der Waals surface area contributed by atoms with Gasteiger partial charge in [-0.15, -0.1) is 0 Å². The third-order valence-corrected chi connectivity index (χ3v) is 2.74. The Morgan fingerprint density at radius 2 is 2.18 bits per heavy atom. The molecule has 0 atom stereocenters. The van der Waals surface area contributed by atoms with E-state index in [1.165, 1.54) is 0 Å². The molecule has 0 spiro atoms. The molecule has 4 heteroatoms. The lowest BCUT2D eigenvalue weighted by Crippen LogP contribution is -1.97. The zero-order valence-electron chi connectivity index (χ0n) is 9.90. The maximum Gasteiger partial charge on any atom is 0.230 e. The first-order chi connectivity index (χ1) is 8.08. The van der Waals surface area contributed by atoms with Crippen molar-refractivity contribution in [1.82, 2.24) is 5.16 Å². The summed E-state index contributed by atoms with van der Waals surface area (Å²) in [4.78, 5) is 0. The van der Waals surface area contributed by atoms with Gasteiger partial charge in [0, 0.05) is 5.02 Å². The summed E-state index contributed by atoms with van der Waals surface area (Å²) in [5.74, 6) is 0.848. The van der Waals surface area contributed by atoms with Gasteiger partial charge in [0.15, 0.2) is 0 Å². The predicted molar refractivity (Wildman–Crippen MR) is 69.9 cm³/mol. The number of anilines is 1. The van der Waals surface area contributed by atoms with Crippen molar-refractivity contribution in [2.45, 2.75) is 20.3 Å². The number of halogens is 1. The molecule has 0 saturated carbocycles. The minimum absolute atomic E-state index is 0.350. The molecule has 0 aliphatic rings. The van der Waals surface area contributed by atoms with Gasteiger partial charge in [-0.1, -0.05) is 42.7 Å².